The lowest BCUT2D eigenvalue weighted by Gasteiger charge is -2.20. The summed E-state index contributed by atoms with van der Waals surface area (Å²) in [7, 11) is 1.37. The molecule has 2 rings (SSSR count). The van der Waals surface area contributed by atoms with Crippen LogP contribution in [0.1, 0.15) is 31.1 Å². The summed E-state index contributed by atoms with van der Waals surface area (Å²) in [4.78, 5) is 16.0. The average Bonchev–Trinajstić information content (AvgIpc) is 2.96. The highest BCUT2D eigenvalue weighted by Crippen LogP contribution is 2.30. The number of carbonyl (C=O) groups is 1. The molecule has 0 aliphatic heterocycles. The summed E-state index contributed by atoms with van der Waals surface area (Å²) < 4.78 is 6.71. The summed E-state index contributed by atoms with van der Waals surface area (Å²) in [5.74, 6) is -0.294. The van der Waals surface area contributed by atoms with Gasteiger partial charge in [-0.15, -0.1) is 0 Å². The molecule has 0 amide bonds. The Morgan fingerprint density at radius 1 is 1.36 bits per heavy atom. The van der Waals surface area contributed by atoms with E-state index in [4.69, 9.17) is 4.74 Å². The summed E-state index contributed by atoms with van der Waals surface area (Å²) in [6.45, 7) is 3.72. The van der Waals surface area contributed by atoms with Crippen LogP contribution in [0.5, 0.6) is 0 Å². The Morgan fingerprint density at radius 2 is 2.05 bits per heavy atom. The third kappa shape index (κ3) is 3.51. The number of aromatic nitrogens is 2. The number of aliphatic hydroxyl groups excluding tert-OH is 1. The minimum absolute atomic E-state index is 0.0122. The number of imidazole rings is 1. The quantitative estimate of drug-likeness (QED) is 0.655. The van der Waals surface area contributed by atoms with Crippen molar-refractivity contribution < 1.29 is 14.6 Å². The monoisotopic (exact) mass is 320 g/mol. The Bertz CT molecular complexity index is 628. The maximum atomic E-state index is 11.6. The summed E-state index contributed by atoms with van der Waals surface area (Å²) in [5, 5.41) is 9.89. The number of thioether (sulfide) groups is 1. The summed E-state index contributed by atoms with van der Waals surface area (Å²) in [6.07, 6.45) is 1.64. The van der Waals surface area contributed by atoms with E-state index in [0.29, 0.717) is 5.16 Å². The van der Waals surface area contributed by atoms with Crippen molar-refractivity contribution in [1.29, 1.82) is 0 Å². The van der Waals surface area contributed by atoms with Crippen LogP contribution in [0.3, 0.4) is 0 Å². The van der Waals surface area contributed by atoms with E-state index in [1.807, 2.05) is 41.8 Å². The topological polar surface area (TPSA) is 64.3 Å². The molecule has 0 aliphatic rings. The molecule has 0 fully saturated rings. The van der Waals surface area contributed by atoms with Gasteiger partial charge in [0.2, 0.25) is 0 Å². The maximum absolute atomic E-state index is 11.6. The zero-order valence-electron chi connectivity index (χ0n) is 12.9. The fraction of sp³-hybridized carbons (Fsp3) is 0.375. The molecule has 0 saturated carbocycles. The molecule has 22 heavy (non-hydrogen) atoms. The molecule has 0 bridgehead atoms. The van der Waals surface area contributed by atoms with Gasteiger partial charge in [0, 0.05) is 0 Å². The third-order valence-corrected chi connectivity index (χ3v) is 4.55. The molecule has 2 unspecified atom stereocenters. The molecule has 6 heteroatoms. The number of hydrogen-bond donors (Lipinski definition) is 1. The number of hydrogen-bond acceptors (Lipinski definition) is 5. The fourth-order valence-electron chi connectivity index (χ4n) is 2.25. The Morgan fingerprint density at radius 3 is 2.64 bits per heavy atom. The van der Waals surface area contributed by atoms with Gasteiger partial charge in [-0.25, -0.2) is 4.98 Å². The first kappa shape index (κ1) is 16.6. The summed E-state index contributed by atoms with van der Waals surface area (Å²) in [6, 6.07) is 9.99. The van der Waals surface area contributed by atoms with E-state index in [0.717, 1.165) is 11.3 Å². The molecule has 1 heterocycles. The maximum Gasteiger partial charge on any atom is 0.318 e. The number of esters is 1. The Balaban J connectivity index is 2.33. The Kier molecular flexibility index (Phi) is 5.63. The predicted octanol–water partition coefficient (Wildman–Crippen LogP) is 2.64. The van der Waals surface area contributed by atoms with Crippen molar-refractivity contribution in [3.63, 3.8) is 0 Å². The van der Waals surface area contributed by atoms with E-state index in [1.54, 1.807) is 13.1 Å². The molecule has 1 aromatic carbocycles. The molecule has 1 N–H and O–H groups in total. The minimum atomic E-state index is -0.360. The third-order valence-electron chi connectivity index (χ3n) is 3.49. The van der Waals surface area contributed by atoms with Crippen LogP contribution in [0.15, 0.2) is 41.7 Å². The van der Waals surface area contributed by atoms with Gasteiger partial charge in [0.25, 0.3) is 0 Å². The summed E-state index contributed by atoms with van der Waals surface area (Å²) in [5.41, 5.74) is 1.83. The highest BCUT2D eigenvalue weighted by Gasteiger charge is 2.22. The lowest BCUT2D eigenvalue weighted by atomic mass is 10.1. The van der Waals surface area contributed by atoms with Gasteiger partial charge in [-0.05, 0) is 19.4 Å². The molecule has 0 radical (unpaired) electrons. The first-order chi connectivity index (χ1) is 10.6. The lowest BCUT2D eigenvalue weighted by Crippen LogP contribution is -2.17. The van der Waals surface area contributed by atoms with E-state index < -0.39 is 0 Å². The first-order valence-electron chi connectivity index (χ1n) is 7.04. The number of methoxy groups -OCH3 is 1. The molecule has 2 atom stereocenters. The second-order valence-corrected chi connectivity index (χ2v) is 6.24. The zero-order valence-corrected chi connectivity index (χ0v) is 13.7. The Labute approximate surface area is 134 Å². The second-order valence-electron chi connectivity index (χ2n) is 4.93. The number of aliphatic hydroxyl groups is 1. The van der Waals surface area contributed by atoms with Crippen LogP contribution in [-0.4, -0.2) is 33.0 Å². The number of carbonyl (C=O) groups excluding carboxylic acids is 1. The largest absolute Gasteiger partial charge is 0.468 e. The van der Waals surface area contributed by atoms with Gasteiger partial charge in [-0.2, -0.15) is 0 Å². The number of ether oxygens (including phenoxy) is 1. The molecular formula is C16H20N2O3S. The van der Waals surface area contributed by atoms with Gasteiger partial charge in [0.1, 0.15) is 5.25 Å². The van der Waals surface area contributed by atoms with Crippen molar-refractivity contribution in [3.05, 3.63) is 47.8 Å². The van der Waals surface area contributed by atoms with Gasteiger partial charge in [0.15, 0.2) is 5.16 Å². The highest BCUT2D eigenvalue weighted by molar-refractivity contribution is 8.00. The van der Waals surface area contributed by atoms with Crippen LogP contribution in [0.4, 0.5) is 0 Å². The normalized spacial score (nSPS) is 13.6. The molecule has 5 nitrogen and oxygen atoms in total. The van der Waals surface area contributed by atoms with Crippen LogP contribution >= 0.6 is 11.8 Å². The van der Waals surface area contributed by atoms with Crippen LogP contribution in [0.2, 0.25) is 0 Å². The molecule has 118 valence electrons. The van der Waals surface area contributed by atoms with Gasteiger partial charge in [0.05, 0.1) is 31.6 Å². The fourth-order valence-corrected chi connectivity index (χ4v) is 3.26. The SMILES string of the molecule is COC(=O)C(C)Sc1ncc(CO)n1C(C)c1ccccc1. The van der Waals surface area contributed by atoms with Crippen LogP contribution in [0.25, 0.3) is 0 Å². The van der Waals surface area contributed by atoms with Gasteiger partial charge in [-0.1, -0.05) is 42.1 Å². The van der Waals surface area contributed by atoms with Crippen LogP contribution < -0.4 is 0 Å². The molecule has 0 spiro atoms. The van der Waals surface area contributed by atoms with Crippen molar-refractivity contribution in [3.8, 4) is 0 Å². The van der Waals surface area contributed by atoms with E-state index >= 15 is 0 Å². The molecule has 1 aromatic heterocycles. The average molecular weight is 320 g/mol. The first-order valence-corrected chi connectivity index (χ1v) is 7.92. The minimum Gasteiger partial charge on any atom is -0.468 e. The standard InChI is InChI=1S/C16H20N2O3S/c1-11(13-7-5-4-6-8-13)18-14(10-19)9-17-16(18)22-12(2)15(20)21-3/h4-9,11-12,19H,10H2,1-3H3. The van der Waals surface area contributed by atoms with Crippen molar-refractivity contribution >= 4 is 17.7 Å². The molecule has 0 saturated heterocycles. The van der Waals surface area contributed by atoms with Crippen LogP contribution in [-0.2, 0) is 16.1 Å². The zero-order chi connectivity index (χ0) is 16.1. The van der Waals surface area contributed by atoms with E-state index in [2.05, 4.69) is 4.98 Å². The molecule has 2 aromatic rings. The second kappa shape index (κ2) is 7.47. The van der Waals surface area contributed by atoms with Gasteiger partial charge >= 0.3 is 5.97 Å². The molecule has 0 aliphatic carbocycles. The smallest absolute Gasteiger partial charge is 0.318 e. The van der Waals surface area contributed by atoms with Crippen molar-refractivity contribution in [2.24, 2.45) is 0 Å². The van der Waals surface area contributed by atoms with Crippen molar-refractivity contribution in [2.45, 2.75) is 36.9 Å². The van der Waals surface area contributed by atoms with E-state index in [-0.39, 0.29) is 23.9 Å². The number of rotatable bonds is 6. The predicted molar refractivity (Wildman–Crippen MR) is 85.7 cm³/mol. The van der Waals surface area contributed by atoms with Gasteiger partial charge < -0.3 is 14.4 Å². The number of benzene rings is 1. The van der Waals surface area contributed by atoms with Crippen molar-refractivity contribution in [2.75, 3.05) is 7.11 Å². The van der Waals surface area contributed by atoms with Crippen LogP contribution in [0, 0.1) is 0 Å². The highest BCUT2D eigenvalue weighted by atomic mass is 32.2. The lowest BCUT2D eigenvalue weighted by molar-refractivity contribution is -0.139. The van der Waals surface area contributed by atoms with E-state index in [1.165, 1.54) is 18.9 Å². The molecular weight excluding hydrogens is 300 g/mol. The van der Waals surface area contributed by atoms with Crippen molar-refractivity contribution in [1.82, 2.24) is 9.55 Å². The van der Waals surface area contributed by atoms with Gasteiger partial charge in [-0.3, -0.25) is 4.79 Å². The Hall–Kier alpha value is -1.79. The van der Waals surface area contributed by atoms with E-state index in [9.17, 15) is 9.90 Å². The summed E-state index contributed by atoms with van der Waals surface area (Å²) >= 11 is 1.33. The number of nitrogens with zero attached hydrogens (tertiary/aromatic N) is 2.